The molecule has 2 unspecified atom stereocenters. The summed E-state index contributed by atoms with van der Waals surface area (Å²) >= 11 is 0. The SMILES string of the molecule is CCCCc1ccc(OC(=O)C2C=CC(C3CCC(C(F)(F)Oc4cc(F)cc(F)c4)CC3)CC2)cc1. The minimum atomic E-state index is -3.50. The number of alkyl halides is 2. The lowest BCUT2D eigenvalue weighted by molar-refractivity contribution is -0.224. The molecule has 7 heteroatoms. The molecule has 2 aliphatic rings. The molecule has 0 saturated heterocycles. The van der Waals surface area contributed by atoms with Crippen LogP contribution < -0.4 is 9.47 Å². The van der Waals surface area contributed by atoms with Crippen LogP contribution >= 0.6 is 0 Å². The van der Waals surface area contributed by atoms with Crippen molar-refractivity contribution in [2.24, 2.45) is 23.7 Å². The van der Waals surface area contributed by atoms with E-state index in [-0.39, 0.29) is 36.6 Å². The van der Waals surface area contributed by atoms with E-state index >= 15 is 0 Å². The van der Waals surface area contributed by atoms with Gasteiger partial charge in [-0.1, -0.05) is 37.6 Å². The lowest BCUT2D eigenvalue weighted by Gasteiger charge is -2.37. The highest BCUT2D eigenvalue weighted by molar-refractivity contribution is 5.77. The molecule has 1 fully saturated rings. The number of unbranched alkanes of at least 4 members (excludes halogenated alkanes) is 1. The van der Waals surface area contributed by atoms with Gasteiger partial charge in [0, 0.05) is 18.2 Å². The molecule has 2 atom stereocenters. The van der Waals surface area contributed by atoms with E-state index in [2.05, 4.69) is 6.92 Å². The van der Waals surface area contributed by atoms with Crippen LogP contribution in [0.15, 0.2) is 54.6 Å². The van der Waals surface area contributed by atoms with Gasteiger partial charge in [-0.15, -0.1) is 0 Å². The molecule has 0 spiro atoms. The molecule has 200 valence electrons. The average Bonchev–Trinajstić information content (AvgIpc) is 2.87. The van der Waals surface area contributed by atoms with Crippen LogP contribution in [0.3, 0.4) is 0 Å². The van der Waals surface area contributed by atoms with E-state index in [9.17, 15) is 22.4 Å². The molecule has 4 rings (SSSR count). The number of carbonyl (C=O) groups excluding carboxylic acids is 1. The van der Waals surface area contributed by atoms with Crippen molar-refractivity contribution in [3.63, 3.8) is 0 Å². The summed E-state index contributed by atoms with van der Waals surface area (Å²) in [5, 5.41) is 0. The van der Waals surface area contributed by atoms with Crippen molar-refractivity contribution in [1.29, 1.82) is 0 Å². The van der Waals surface area contributed by atoms with Crippen LogP contribution in [-0.2, 0) is 11.2 Å². The number of hydrogen-bond donors (Lipinski definition) is 0. The first-order valence-corrected chi connectivity index (χ1v) is 13.3. The van der Waals surface area contributed by atoms with E-state index in [1.165, 1.54) is 5.56 Å². The summed E-state index contributed by atoms with van der Waals surface area (Å²) < 4.78 is 66.4. The molecule has 0 amide bonds. The average molecular weight is 519 g/mol. The Morgan fingerprint density at radius 3 is 2.16 bits per heavy atom. The first-order chi connectivity index (χ1) is 17.7. The molecular formula is C30H34F4O3. The summed E-state index contributed by atoms with van der Waals surface area (Å²) in [7, 11) is 0. The summed E-state index contributed by atoms with van der Waals surface area (Å²) in [5.74, 6) is -2.99. The van der Waals surface area contributed by atoms with Crippen LogP contribution in [0.4, 0.5) is 17.6 Å². The fourth-order valence-corrected chi connectivity index (χ4v) is 5.44. The smallest absolute Gasteiger partial charge is 0.400 e. The zero-order valence-corrected chi connectivity index (χ0v) is 21.1. The Labute approximate surface area is 215 Å². The Kier molecular flexibility index (Phi) is 8.93. The van der Waals surface area contributed by atoms with Crippen LogP contribution in [-0.4, -0.2) is 12.1 Å². The minimum absolute atomic E-state index is 0.231. The van der Waals surface area contributed by atoms with E-state index in [0.717, 1.165) is 37.8 Å². The molecule has 0 N–H and O–H groups in total. The van der Waals surface area contributed by atoms with Gasteiger partial charge in [0.1, 0.15) is 23.1 Å². The van der Waals surface area contributed by atoms with Crippen molar-refractivity contribution < 1.29 is 31.8 Å². The maximum absolute atomic E-state index is 14.7. The normalized spacial score (nSPS) is 24.0. The van der Waals surface area contributed by atoms with Gasteiger partial charge in [0.2, 0.25) is 0 Å². The van der Waals surface area contributed by atoms with Gasteiger partial charge in [0.15, 0.2) is 0 Å². The van der Waals surface area contributed by atoms with Gasteiger partial charge >= 0.3 is 12.1 Å². The van der Waals surface area contributed by atoms with Crippen molar-refractivity contribution in [1.82, 2.24) is 0 Å². The van der Waals surface area contributed by atoms with Crippen molar-refractivity contribution in [3.05, 3.63) is 71.8 Å². The predicted octanol–water partition coefficient (Wildman–Crippen LogP) is 8.27. The number of carbonyl (C=O) groups is 1. The number of ether oxygens (including phenoxy) is 2. The lowest BCUT2D eigenvalue weighted by Crippen LogP contribution is -2.38. The highest BCUT2D eigenvalue weighted by Crippen LogP contribution is 2.44. The molecule has 2 aromatic rings. The summed E-state index contributed by atoms with van der Waals surface area (Å²) in [6, 6.07) is 9.80. The second-order valence-electron chi connectivity index (χ2n) is 10.3. The lowest BCUT2D eigenvalue weighted by atomic mass is 9.71. The molecule has 37 heavy (non-hydrogen) atoms. The zero-order valence-electron chi connectivity index (χ0n) is 21.1. The molecule has 0 heterocycles. The number of halogens is 4. The second kappa shape index (κ2) is 12.1. The van der Waals surface area contributed by atoms with Crippen LogP contribution in [0.5, 0.6) is 11.5 Å². The summed E-state index contributed by atoms with van der Waals surface area (Å²) in [4.78, 5) is 12.6. The maximum Gasteiger partial charge on any atom is 0.400 e. The van der Waals surface area contributed by atoms with Crippen LogP contribution in [0.1, 0.15) is 63.9 Å². The number of hydrogen-bond acceptors (Lipinski definition) is 3. The number of rotatable bonds is 9. The van der Waals surface area contributed by atoms with Crippen molar-refractivity contribution in [2.45, 2.75) is 70.8 Å². The van der Waals surface area contributed by atoms with E-state index in [1.54, 1.807) is 0 Å². The van der Waals surface area contributed by atoms with Crippen molar-refractivity contribution >= 4 is 5.97 Å². The van der Waals surface area contributed by atoms with Gasteiger partial charge < -0.3 is 9.47 Å². The molecule has 2 aliphatic carbocycles. The molecule has 1 saturated carbocycles. The fraction of sp³-hybridized carbons (Fsp3) is 0.500. The Morgan fingerprint density at radius 2 is 1.57 bits per heavy atom. The Morgan fingerprint density at radius 1 is 0.892 bits per heavy atom. The molecule has 3 nitrogen and oxygen atoms in total. The molecule has 2 aromatic carbocycles. The minimum Gasteiger partial charge on any atom is -0.432 e. The zero-order chi connectivity index (χ0) is 26.4. The van der Waals surface area contributed by atoms with Gasteiger partial charge in [0.05, 0.1) is 11.8 Å². The van der Waals surface area contributed by atoms with Gasteiger partial charge in [-0.05, 0) is 80.9 Å². The van der Waals surface area contributed by atoms with Crippen LogP contribution in [0.25, 0.3) is 0 Å². The highest BCUT2D eigenvalue weighted by Gasteiger charge is 2.45. The molecular weight excluding hydrogens is 484 g/mol. The first kappa shape index (κ1) is 27.2. The standard InChI is InChI=1S/C30H34F4O3/c1-2-3-4-20-5-15-27(16-6-20)36-29(35)23-9-7-21(8-10-23)22-11-13-24(14-12-22)30(33,34)37-28-18-25(31)17-26(32)19-28/h5-7,9,15-19,21-24H,2-4,8,10-14H2,1H3. The van der Waals surface area contributed by atoms with E-state index < -0.39 is 29.4 Å². The van der Waals surface area contributed by atoms with Gasteiger partial charge in [0.25, 0.3) is 0 Å². The van der Waals surface area contributed by atoms with Gasteiger partial charge in [-0.3, -0.25) is 4.79 Å². The first-order valence-electron chi connectivity index (χ1n) is 13.3. The number of aryl methyl sites for hydroxylation is 1. The predicted molar refractivity (Wildman–Crippen MR) is 133 cm³/mol. The Hall–Kier alpha value is -2.83. The van der Waals surface area contributed by atoms with Crippen LogP contribution in [0, 0.1) is 35.3 Å². The summed E-state index contributed by atoms with van der Waals surface area (Å²) in [5.41, 5.74) is 1.23. The third kappa shape index (κ3) is 7.36. The second-order valence-corrected chi connectivity index (χ2v) is 10.3. The van der Waals surface area contributed by atoms with E-state index in [1.807, 2.05) is 36.4 Å². The molecule has 0 bridgehead atoms. The molecule has 0 aromatic heterocycles. The van der Waals surface area contributed by atoms with Crippen molar-refractivity contribution in [2.75, 3.05) is 0 Å². The van der Waals surface area contributed by atoms with Gasteiger partial charge in [-0.25, -0.2) is 8.78 Å². The highest BCUT2D eigenvalue weighted by atomic mass is 19.3. The quantitative estimate of drug-likeness (QED) is 0.145. The monoisotopic (exact) mass is 518 g/mol. The Bertz CT molecular complexity index is 1050. The molecule has 0 aliphatic heterocycles. The third-order valence-electron chi connectivity index (χ3n) is 7.61. The fourth-order valence-electron chi connectivity index (χ4n) is 5.44. The van der Waals surface area contributed by atoms with Gasteiger partial charge in [-0.2, -0.15) is 8.78 Å². The summed E-state index contributed by atoms with van der Waals surface area (Å²) in [6.07, 6.45) is 6.91. The van der Waals surface area contributed by atoms with E-state index in [0.29, 0.717) is 31.1 Å². The summed E-state index contributed by atoms with van der Waals surface area (Å²) in [6.45, 7) is 2.15. The molecule has 0 radical (unpaired) electrons. The Balaban J connectivity index is 1.25. The van der Waals surface area contributed by atoms with Crippen molar-refractivity contribution in [3.8, 4) is 11.5 Å². The third-order valence-corrected chi connectivity index (χ3v) is 7.61. The topological polar surface area (TPSA) is 35.5 Å². The maximum atomic E-state index is 14.7. The largest absolute Gasteiger partial charge is 0.432 e. The van der Waals surface area contributed by atoms with Crippen LogP contribution in [0.2, 0.25) is 0 Å². The van der Waals surface area contributed by atoms with E-state index in [4.69, 9.17) is 9.47 Å². The number of esters is 1. The number of benzene rings is 2. The number of allylic oxidation sites excluding steroid dienone is 1.